The van der Waals surface area contributed by atoms with Gasteiger partial charge in [0.2, 0.25) is 0 Å². The standard InChI is InChI=1S/C40H39BN2/c1-26-11-10-14-32(22-26)42-36-16-9-8-15-33(36)41-34-23-28(3)18-20-37(34)43(35-19-17-27(2)21-29(35)4)39-25-31(24-38(42)40(39)41)30-12-6-5-7-13-30/h8-11,14-25,30H,5-7,12-13H2,1-4H3. The van der Waals surface area contributed by atoms with E-state index in [0.717, 1.165) is 0 Å². The van der Waals surface area contributed by atoms with Crippen molar-refractivity contribution in [1.82, 2.24) is 0 Å². The second-order valence-electron chi connectivity index (χ2n) is 13.2. The van der Waals surface area contributed by atoms with Gasteiger partial charge in [-0.15, -0.1) is 0 Å². The maximum absolute atomic E-state index is 2.59. The Morgan fingerprint density at radius 2 is 1.21 bits per heavy atom. The van der Waals surface area contributed by atoms with Gasteiger partial charge < -0.3 is 9.80 Å². The van der Waals surface area contributed by atoms with Crippen molar-refractivity contribution in [3.63, 3.8) is 0 Å². The highest BCUT2D eigenvalue weighted by Crippen LogP contribution is 2.47. The zero-order valence-corrected chi connectivity index (χ0v) is 25.8. The van der Waals surface area contributed by atoms with Crippen LogP contribution in [0.15, 0.2) is 97.1 Å². The van der Waals surface area contributed by atoms with Crippen molar-refractivity contribution < 1.29 is 0 Å². The molecule has 2 heterocycles. The molecule has 3 aliphatic rings. The molecule has 43 heavy (non-hydrogen) atoms. The third-order valence-electron chi connectivity index (χ3n) is 10.1. The van der Waals surface area contributed by atoms with Gasteiger partial charge in [-0.05, 0) is 122 Å². The average Bonchev–Trinajstić information content (AvgIpc) is 3.01. The van der Waals surface area contributed by atoms with Crippen LogP contribution in [-0.4, -0.2) is 6.71 Å². The quantitative estimate of drug-likeness (QED) is 0.200. The molecule has 0 N–H and O–H groups in total. The van der Waals surface area contributed by atoms with Gasteiger partial charge in [-0.3, -0.25) is 0 Å². The average molecular weight is 559 g/mol. The summed E-state index contributed by atoms with van der Waals surface area (Å²) in [6.07, 6.45) is 6.57. The molecule has 2 nitrogen and oxygen atoms in total. The summed E-state index contributed by atoms with van der Waals surface area (Å²) >= 11 is 0. The Labute approximate surface area is 257 Å². The van der Waals surface area contributed by atoms with Crippen LogP contribution in [0.25, 0.3) is 0 Å². The molecule has 8 rings (SSSR count). The van der Waals surface area contributed by atoms with Gasteiger partial charge in [-0.25, -0.2) is 0 Å². The molecule has 0 amide bonds. The van der Waals surface area contributed by atoms with E-state index < -0.39 is 0 Å². The first-order valence-corrected chi connectivity index (χ1v) is 16.1. The first-order chi connectivity index (χ1) is 21.0. The van der Waals surface area contributed by atoms with Crippen LogP contribution in [-0.2, 0) is 0 Å². The molecule has 0 spiro atoms. The van der Waals surface area contributed by atoms with Gasteiger partial charge in [-0.2, -0.15) is 0 Å². The topological polar surface area (TPSA) is 6.48 Å². The van der Waals surface area contributed by atoms with Gasteiger partial charge in [0.1, 0.15) is 0 Å². The minimum atomic E-state index is 0.180. The summed E-state index contributed by atoms with van der Waals surface area (Å²) < 4.78 is 0. The van der Waals surface area contributed by atoms with Gasteiger partial charge >= 0.3 is 0 Å². The molecule has 0 bridgehead atoms. The normalized spacial score (nSPS) is 15.7. The van der Waals surface area contributed by atoms with Gasteiger partial charge in [0.05, 0.1) is 0 Å². The third kappa shape index (κ3) is 4.24. The van der Waals surface area contributed by atoms with Crippen molar-refractivity contribution in [1.29, 1.82) is 0 Å². The monoisotopic (exact) mass is 558 g/mol. The number of para-hydroxylation sites is 1. The molecule has 5 aromatic rings. The number of rotatable bonds is 3. The van der Waals surface area contributed by atoms with Gasteiger partial charge in [0.15, 0.2) is 0 Å². The minimum absolute atomic E-state index is 0.180. The van der Waals surface area contributed by atoms with Crippen LogP contribution >= 0.6 is 0 Å². The first-order valence-electron chi connectivity index (χ1n) is 16.1. The van der Waals surface area contributed by atoms with E-state index in [2.05, 4.69) is 135 Å². The Balaban J connectivity index is 1.49. The van der Waals surface area contributed by atoms with E-state index in [1.165, 1.54) is 110 Å². The summed E-state index contributed by atoms with van der Waals surface area (Å²) in [6.45, 7) is 9.09. The zero-order valence-electron chi connectivity index (χ0n) is 25.8. The summed E-state index contributed by atoms with van der Waals surface area (Å²) in [7, 11) is 0. The van der Waals surface area contributed by atoms with Crippen molar-refractivity contribution in [2.24, 2.45) is 0 Å². The lowest BCUT2D eigenvalue weighted by molar-refractivity contribution is 0.444. The lowest BCUT2D eigenvalue weighted by atomic mass is 9.33. The number of aryl methyl sites for hydroxylation is 4. The summed E-state index contributed by atoms with van der Waals surface area (Å²) in [5.74, 6) is 0.602. The third-order valence-corrected chi connectivity index (χ3v) is 10.1. The highest BCUT2D eigenvalue weighted by molar-refractivity contribution is 7.00. The molecule has 0 unspecified atom stereocenters. The maximum atomic E-state index is 2.59. The summed E-state index contributed by atoms with van der Waals surface area (Å²) in [5, 5.41) is 0. The fourth-order valence-electron chi connectivity index (χ4n) is 8.12. The second kappa shape index (κ2) is 10.2. The molecule has 1 aliphatic carbocycles. The number of nitrogens with zero attached hydrogens (tertiary/aromatic N) is 2. The molecule has 0 atom stereocenters. The maximum Gasteiger partial charge on any atom is 0.252 e. The lowest BCUT2D eigenvalue weighted by Gasteiger charge is -2.45. The van der Waals surface area contributed by atoms with Crippen LogP contribution in [0, 0.1) is 27.7 Å². The van der Waals surface area contributed by atoms with E-state index in [0.29, 0.717) is 5.92 Å². The fraction of sp³-hybridized carbons (Fsp3) is 0.250. The van der Waals surface area contributed by atoms with Crippen molar-refractivity contribution >= 4 is 57.2 Å². The molecule has 0 radical (unpaired) electrons. The molecule has 3 heteroatoms. The predicted molar refractivity (Wildman–Crippen MR) is 185 cm³/mol. The Morgan fingerprint density at radius 1 is 0.535 bits per heavy atom. The molecular formula is C40H39BN2. The van der Waals surface area contributed by atoms with E-state index in [4.69, 9.17) is 0 Å². The van der Waals surface area contributed by atoms with E-state index >= 15 is 0 Å². The van der Waals surface area contributed by atoms with Crippen molar-refractivity contribution in [2.45, 2.75) is 65.7 Å². The number of anilines is 6. The van der Waals surface area contributed by atoms with Crippen molar-refractivity contribution in [3.8, 4) is 0 Å². The molecule has 5 aromatic carbocycles. The van der Waals surface area contributed by atoms with Crippen molar-refractivity contribution in [3.05, 3.63) is 125 Å². The van der Waals surface area contributed by atoms with Crippen LogP contribution in [0.4, 0.5) is 34.1 Å². The number of hydrogen-bond donors (Lipinski definition) is 0. The van der Waals surface area contributed by atoms with E-state index in [9.17, 15) is 0 Å². The Kier molecular flexibility index (Phi) is 6.26. The fourth-order valence-corrected chi connectivity index (χ4v) is 8.12. The summed E-state index contributed by atoms with van der Waals surface area (Å²) in [5.41, 5.74) is 18.7. The van der Waals surface area contributed by atoms with Crippen LogP contribution in [0.1, 0.15) is 65.8 Å². The molecule has 0 saturated heterocycles. The van der Waals surface area contributed by atoms with Gasteiger partial charge in [0.25, 0.3) is 6.71 Å². The predicted octanol–water partition coefficient (Wildman–Crippen LogP) is 9.05. The highest BCUT2D eigenvalue weighted by Gasteiger charge is 2.44. The van der Waals surface area contributed by atoms with Gasteiger partial charge in [0, 0.05) is 34.1 Å². The molecular weight excluding hydrogens is 519 g/mol. The SMILES string of the molecule is Cc1cccc(N2c3ccccc3B3c4cc(C)ccc4N(c4ccc(C)cc4C)c4cc(C5CCCCC5)cc2c43)c1. The first kappa shape index (κ1) is 26.4. The Morgan fingerprint density at radius 3 is 1.98 bits per heavy atom. The van der Waals surface area contributed by atoms with Crippen LogP contribution in [0.3, 0.4) is 0 Å². The molecule has 0 aromatic heterocycles. The van der Waals surface area contributed by atoms with E-state index in [1.807, 2.05) is 0 Å². The lowest BCUT2D eigenvalue weighted by Crippen LogP contribution is -2.61. The highest BCUT2D eigenvalue weighted by atomic mass is 15.2. The number of benzene rings is 5. The smallest absolute Gasteiger partial charge is 0.252 e. The second-order valence-corrected chi connectivity index (χ2v) is 13.2. The molecule has 2 aliphatic heterocycles. The van der Waals surface area contributed by atoms with Crippen molar-refractivity contribution in [2.75, 3.05) is 9.80 Å². The van der Waals surface area contributed by atoms with Crippen LogP contribution in [0.5, 0.6) is 0 Å². The largest absolute Gasteiger partial charge is 0.311 e. The Hall–Kier alpha value is -4.24. The minimum Gasteiger partial charge on any atom is -0.311 e. The van der Waals surface area contributed by atoms with Crippen LogP contribution < -0.4 is 26.2 Å². The summed E-state index contributed by atoms with van der Waals surface area (Å²) in [4.78, 5) is 5.15. The Bertz CT molecular complexity index is 1880. The molecule has 212 valence electrons. The number of hydrogen-bond acceptors (Lipinski definition) is 2. The summed E-state index contributed by atoms with van der Waals surface area (Å²) in [6, 6.07) is 37.4. The van der Waals surface area contributed by atoms with E-state index in [-0.39, 0.29) is 6.71 Å². The van der Waals surface area contributed by atoms with Gasteiger partial charge in [-0.1, -0.05) is 85.0 Å². The van der Waals surface area contributed by atoms with E-state index in [1.54, 1.807) is 0 Å². The zero-order chi connectivity index (χ0) is 29.2. The molecule has 1 saturated carbocycles. The van der Waals surface area contributed by atoms with Crippen LogP contribution in [0.2, 0.25) is 0 Å². The molecule has 1 fully saturated rings. The number of fused-ring (bicyclic) bond motifs is 4.